The van der Waals surface area contributed by atoms with E-state index in [4.69, 9.17) is 21.3 Å². The van der Waals surface area contributed by atoms with Gasteiger partial charge in [0.25, 0.3) is 0 Å². The SMILES string of the molecule is FC(F)Oc1cccc2c1[N@+]13C=c4cc(Cl)ccc4=N[C@H](C1)C3N2c1ncccn1. The average Bonchev–Trinajstić information content (AvgIpc) is 2.83. The number of rotatable bonds is 3. The van der Waals surface area contributed by atoms with Crippen molar-refractivity contribution in [3.8, 4) is 5.75 Å². The second kappa shape index (κ2) is 6.20. The van der Waals surface area contributed by atoms with E-state index in [-0.39, 0.29) is 18.0 Å². The number of hydrogen-bond acceptors (Lipinski definition) is 5. The van der Waals surface area contributed by atoms with Gasteiger partial charge in [-0.3, -0.25) is 9.89 Å². The smallest absolute Gasteiger partial charge is 0.387 e. The number of para-hydroxylation sites is 1. The maximum absolute atomic E-state index is 13.2. The molecule has 0 radical (unpaired) electrons. The molecule has 150 valence electrons. The number of nitrogens with zero attached hydrogens (tertiary/aromatic N) is 5. The fourth-order valence-electron chi connectivity index (χ4n) is 4.86. The van der Waals surface area contributed by atoms with Crippen molar-refractivity contribution in [3.05, 3.63) is 70.5 Å². The second-order valence-electron chi connectivity index (χ2n) is 7.48. The van der Waals surface area contributed by atoms with Gasteiger partial charge in [-0.1, -0.05) is 17.7 Å². The maximum Gasteiger partial charge on any atom is 0.387 e. The van der Waals surface area contributed by atoms with Gasteiger partial charge in [0.1, 0.15) is 18.4 Å². The number of halogens is 3. The van der Waals surface area contributed by atoms with Gasteiger partial charge >= 0.3 is 6.61 Å². The zero-order valence-corrected chi connectivity index (χ0v) is 16.2. The van der Waals surface area contributed by atoms with Crippen LogP contribution in [0.2, 0.25) is 5.02 Å². The molecule has 1 aromatic heterocycles. The molecule has 1 spiro atoms. The largest absolute Gasteiger partial charge is 0.428 e. The first kappa shape index (κ1) is 17.7. The molecule has 3 aromatic rings. The first-order valence-electron chi connectivity index (χ1n) is 9.45. The first-order chi connectivity index (χ1) is 14.6. The summed E-state index contributed by atoms with van der Waals surface area (Å²) in [5.74, 6) is 0.640. The molecule has 3 aliphatic heterocycles. The zero-order valence-electron chi connectivity index (χ0n) is 15.5. The Hall–Kier alpha value is -3.10. The number of hydrogen-bond donors (Lipinski definition) is 0. The van der Waals surface area contributed by atoms with Gasteiger partial charge in [-0.2, -0.15) is 8.78 Å². The van der Waals surface area contributed by atoms with E-state index in [1.54, 1.807) is 36.7 Å². The summed E-state index contributed by atoms with van der Waals surface area (Å²) in [5.41, 5.74) is 1.40. The van der Waals surface area contributed by atoms with E-state index in [9.17, 15) is 8.78 Å². The van der Waals surface area contributed by atoms with Crippen molar-refractivity contribution in [1.82, 2.24) is 14.5 Å². The summed E-state index contributed by atoms with van der Waals surface area (Å²) in [6.45, 7) is -2.30. The molecular formula is C21H15ClF2N5O+. The quantitative estimate of drug-likeness (QED) is 0.604. The van der Waals surface area contributed by atoms with Crippen LogP contribution in [-0.2, 0) is 0 Å². The molecule has 0 amide bonds. The monoisotopic (exact) mass is 426 g/mol. The highest BCUT2D eigenvalue weighted by atomic mass is 35.5. The Morgan fingerprint density at radius 2 is 1.97 bits per heavy atom. The van der Waals surface area contributed by atoms with Crippen molar-refractivity contribution < 1.29 is 13.5 Å². The molecule has 1 fully saturated rings. The molecule has 0 saturated carbocycles. The van der Waals surface area contributed by atoms with Crippen LogP contribution in [0.3, 0.4) is 0 Å². The lowest BCUT2D eigenvalue weighted by atomic mass is 10.00. The lowest BCUT2D eigenvalue weighted by molar-refractivity contribution is -0.0505. The summed E-state index contributed by atoms with van der Waals surface area (Å²) in [7, 11) is 0. The third kappa shape index (κ3) is 2.34. The molecule has 30 heavy (non-hydrogen) atoms. The van der Waals surface area contributed by atoms with E-state index < -0.39 is 6.61 Å². The molecule has 9 heteroatoms. The van der Waals surface area contributed by atoms with Crippen molar-refractivity contribution in [2.24, 2.45) is 4.99 Å². The van der Waals surface area contributed by atoms with Crippen molar-refractivity contribution >= 4 is 35.1 Å². The van der Waals surface area contributed by atoms with Crippen LogP contribution in [0.5, 0.6) is 5.75 Å². The number of alkyl halides is 2. The van der Waals surface area contributed by atoms with Crippen molar-refractivity contribution in [3.63, 3.8) is 0 Å². The number of fused-ring (bicyclic) bond motifs is 4. The number of quaternary nitrogens is 1. The van der Waals surface area contributed by atoms with Gasteiger partial charge in [-0.05, 0) is 36.4 Å². The van der Waals surface area contributed by atoms with Crippen LogP contribution in [0.1, 0.15) is 0 Å². The number of aromatic nitrogens is 2. The van der Waals surface area contributed by atoms with Crippen molar-refractivity contribution in [2.75, 3.05) is 11.4 Å². The molecule has 6 nitrogen and oxygen atoms in total. The van der Waals surface area contributed by atoms with Crippen LogP contribution in [-0.4, -0.2) is 35.3 Å². The summed E-state index contributed by atoms with van der Waals surface area (Å²) >= 11 is 6.23. The van der Waals surface area contributed by atoms with E-state index in [1.807, 2.05) is 29.3 Å². The predicted molar refractivity (Wildman–Crippen MR) is 108 cm³/mol. The molecule has 0 N–H and O–H groups in total. The van der Waals surface area contributed by atoms with E-state index >= 15 is 0 Å². The van der Waals surface area contributed by atoms with Gasteiger partial charge in [0.2, 0.25) is 17.8 Å². The first-order valence-corrected chi connectivity index (χ1v) is 9.83. The number of ether oxygens (including phenoxy) is 1. The van der Waals surface area contributed by atoms with Gasteiger partial charge in [0.05, 0.1) is 10.6 Å². The average molecular weight is 427 g/mol. The molecule has 3 atom stereocenters. The van der Waals surface area contributed by atoms with Crippen molar-refractivity contribution in [1.29, 1.82) is 0 Å². The molecule has 3 aliphatic rings. The Labute approximate surface area is 174 Å². The van der Waals surface area contributed by atoms with Crippen molar-refractivity contribution in [2.45, 2.75) is 18.8 Å². The minimum Gasteiger partial charge on any atom is -0.428 e. The van der Waals surface area contributed by atoms with E-state index in [2.05, 4.69) is 9.97 Å². The molecule has 0 aliphatic carbocycles. The second-order valence-corrected chi connectivity index (χ2v) is 7.91. The third-order valence-electron chi connectivity index (χ3n) is 5.87. The van der Waals surface area contributed by atoms with Gasteiger partial charge in [0.15, 0.2) is 11.8 Å². The van der Waals surface area contributed by atoms with E-state index in [0.29, 0.717) is 27.7 Å². The molecule has 6 rings (SSSR count). The van der Waals surface area contributed by atoms with Crippen LogP contribution in [0.4, 0.5) is 26.1 Å². The predicted octanol–water partition coefficient (Wildman–Crippen LogP) is 2.97. The summed E-state index contributed by atoms with van der Waals surface area (Å²) < 4.78 is 31.7. The highest BCUT2D eigenvalue weighted by Crippen LogP contribution is 2.58. The summed E-state index contributed by atoms with van der Waals surface area (Å²) in [5, 5.41) is 2.28. The van der Waals surface area contributed by atoms with Crippen LogP contribution in [0.15, 0.2) is 59.9 Å². The number of anilines is 2. The van der Waals surface area contributed by atoms with Crippen LogP contribution in [0, 0.1) is 0 Å². The fourth-order valence-corrected chi connectivity index (χ4v) is 5.04. The molecular weight excluding hydrogens is 412 g/mol. The van der Waals surface area contributed by atoms with Gasteiger partial charge in [-0.15, -0.1) is 0 Å². The van der Waals surface area contributed by atoms with Crippen LogP contribution < -0.4 is 24.7 Å². The number of benzene rings is 2. The summed E-state index contributed by atoms with van der Waals surface area (Å²) in [4.78, 5) is 15.8. The Balaban J connectivity index is 1.66. The molecule has 1 unspecified atom stereocenters. The van der Waals surface area contributed by atoms with Crippen LogP contribution >= 0.6 is 11.6 Å². The minimum absolute atomic E-state index is 0.0701. The fraction of sp³-hybridized carbons (Fsp3) is 0.190. The third-order valence-corrected chi connectivity index (χ3v) is 6.11. The highest BCUT2D eigenvalue weighted by molar-refractivity contribution is 6.30. The van der Waals surface area contributed by atoms with E-state index in [1.165, 1.54) is 0 Å². The van der Waals surface area contributed by atoms with E-state index in [0.717, 1.165) is 16.3 Å². The lowest BCUT2D eigenvalue weighted by Gasteiger charge is -2.49. The standard InChI is InChI=1S/C21H15ClF2N5O/c22-13-5-6-14-12(9-13)10-29-11-15(27-14)19(29)28(21-25-7-2-8-26-21)16-3-1-4-17(18(16)29)30-20(23)24/h1-10,15,19-20H,11H2/q+1/t15-,19?,29+/m1/s1. The highest BCUT2D eigenvalue weighted by Gasteiger charge is 2.67. The summed E-state index contributed by atoms with van der Waals surface area (Å²) in [6, 6.07) is 12.4. The Kier molecular flexibility index (Phi) is 3.66. The Morgan fingerprint density at radius 1 is 1.13 bits per heavy atom. The molecule has 2 bridgehead atoms. The van der Waals surface area contributed by atoms with Gasteiger partial charge in [0, 0.05) is 17.4 Å². The molecule has 2 aromatic carbocycles. The van der Waals surface area contributed by atoms with Crippen LogP contribution in [0.25, 0.3) is 6.20 Å². The zero-order chi connectivity index (χ0) is 20.5. The molecule has 1 saturated heterocycles. The summed E-state index contributed by atoms with van der Waals surface area (Å²) in [6.07, 6.45) is 5.17. The Bertz CT molecular complexity index is 1290. The van der Waals surface area contributed by atoms with Gasteiger partial charge in [-0.25, -0.2) is 14.5 Å². The maximum atomic E-state index is 13.2. The minimum atomic E-state index is -2.93. The topological polar surface area (TPSA) is 50.6 Å². The normalized spacial score (nSPS) is 25.3. The molecule has 4 heterocycles. The lowest BCUT2D eigenvalue weighted by Crippen LogP contribution is -2.73. The Morgan fingerprint density at radius 3 is 2.77 bits per heavy atom. The van der Waals surface area contributed by atoms with Gasteiger partial charge < -0.3 is 4.74 Å².